The van der Waals surface area contributed by atoms with Crippen molar-refractivity contribution in [1.29, 1.82) is 0 Å². The second-order valence-electron chi connectivity index (χ2n) is 18.2. The topological polar surface area (TPSA) is 509 Å². The predicted octanol–water partition coefficient (Wildman–Crippen LogP) is 4.32. The van der Waals surface area contributed by atoms with Crippen molar-refractivity contribution in [1.82, 2.24) is 5.06 Å². The summed E-state index contributed by atoms with van der Waals surface area (Å²) in [5, 5.41) is -2.43. The highest BCUT2D eigenvalue weighted by Gasteiger charge is 2.53. The van der Waals surface area contributed by atoms with E-state index >= 15 is 0 Å². The highest BCUT2D eigenvalue weighted by Crippen LogP contribution is 2.37. The predicted molar refractivity (Wildman–Crippen MR) is 279 cm³/mol. The molecule has 0 aromatic carbocycles. The van der Waals surface area contributed by atoms with E-state index in [0.717, 1.165) is 77.0 Å². The minimum atomic E-state index is -5.96. The Balaban J connectivity index is -0.000000312. The molecule has 1 aliphatic heterocycles. The number of hydrogen-bond donors (Lipinski definition) is 3. The highest BCUT2D eigenvalue weighted by atomic mass is 32.3. The van der Waals surface area contributed by atoms with Gasteiger partial charge in [-0.25, -0.2) is 25.3 Å². The summed E-state index contributed by atoms with van der Waals surface area (Å²) in [6.45, 7) is -3.67. The van der Waals surface area contributed by atoms with Crippen LogP contribution >= 0.6 is 0 Å². The third-order valence-corrected chi connectivity index (χ3v) is 23.5. The molecule has 1 heterocycles. The Labute approximate surface area is 494 Å². The fourth-order valence-electron chi connectivity index (χ4n) is 7.76. The molecule has 86 heavy (non-hydrogen) atoms. The summed E-state index contributed by atoms with van der Waals surface area (Å²) in [5.74, 6) is -2.67. The molecule has 5 rings (SSSR count). The number of hydrogen-bond acceptors (Lipinski definition) is 20. The van der Waals surface area contributed by atoms with Gasteiger partial charge in [-0.1, -0.05) is 77.0 Å². The highest BCUT2D eigenvalue weighted by molar-refractivity contribution is 8.31. The molecule has 0 spiro atoms. The Morgan fingerprint density at radius 3 is 1.00 bits per heavy atom. The lowest BCUT2D eigenvalue weighted by atomic mass is 9.91. The largest absolute Gasteiger partial charge is 0.784 e. The second kappa shape index (κ2) is 39.7. The van der Waals surface area contributed by atoms with Gasteiger partial charge in [0.15, 0.2) is 14.4 Å². The van der Waals surface area contributed by atoms with Crippen molar-refractivity contribution in [2.24, 2.45) is 5.92 Å². The van der Waals surface area contributed by atoms with Gasteiger partial charge in [-0.3, -0.25) is 27.5 Å². The summed E-state index contributed by atoms with van der Waals surface area (Å²) in [5.41, 5.74) is -7.65. The standard InChI is InChI=1S/C13H22N2O4S2.C13H24O5S2.C5H4F3NO5S.C3H9S.2CHF3O3S.CHF3.H2O3S.2H2O/c14-15-13(20(16,17)11-7-3-1-4-8-11)21(18,19)12-9-5-2-6-10-12;14-19(15,12-9-5-2-6-10-12)13(20(16,17)18)11-7-3-1-4-8-11;6-5(7,8)15(12,13)14-9-3(10)1-2-4(9)11;1-4(2)3;2*2-1(3,4)8(5,6)7;2-1(3)4;1-4(2)3;;/h11-12H,1-10H2;11-13H,1-10H2,(H,16,17,18);1-2H2;1-3H3;2*(H,5,6,7);1H;(H2,1,2,3);2*1H2/q;;;+1;;;;;;/p-2. The van der Waals surface area contributed by atoms with Gasteiger partial charge in [0, 0.05) is 12.8 Å². The monoisotopic (exact) mass is 1470 g/mol. The zero-order valence-electron chi connectivity index (χ0n) is 45.1. The van der Waals surface area contributed by atoms with E-state index in [1.165, 1.54) is 0 Å². The molecular weight excluding hydrogens is 1400 g/mol. The average Bonchev–Trinajstić information content (AvgIpc) is 1.45. The lowest BCUT2D eigenvalue weighted by Gasteiger charge is -2.32. The van der Waals surface area contributed by atoms with Crippen LogP contribution < -0.4 is 0 Å². The minimum absolute atomic E-state index is 0. The Hall–Kier alpha value is -2.49. The maximum absolute atomic E-state index is 12.7. The molecular formula is C37H66F12N3O25S9-. The molecule has 1 unspecified atom stereocenters. The van der Waals surface area contributed by atoms with Gasteiger partial charge in [-0.15, -0.1) is 25.5 Å². The molecule has 0 radical (unpaired) electrons. The first-order valence-corrected chi connectivity index (χ1v) is 37.5. The molecule has 1 saturated heterocycles. The zero-order chi connectivity index (χ0) is 66.9. The molecule has 7 N–H and O–H groups in total. The van der Waals surface area contributed by atoms with Gasteiger partial charge in [0.1, 0.15) is 0 Å². The maximum atomic E-state index is 12.7. The first-order chi connectivity index (χ1) is 37.6. The van der Waals surface area contributed by atoms with Crippen LogP contribution in [-0.4, -0.2) is 185 Å². The number of hydroxylamine groups is 2. The number of carbonyl (C=O) groups excluding carboxylic acids is 2. The van der Waals surface area contributed by atoms with E-state index in [0.29, 0.717) is 62.3 Å². The normalized spacial score (nSPS) is 18.6. The van der Waals surface area contributed by atoms with E-state index in [9.17, 15) is 109 Å². The van der Waals surface area contributed by atoms with Gasteiger partial charge in [-0.2, -0.15) is 86.4 Å². The Bertz CT molecular complexity index is 2820. The molecule has 49 heteroatoms. The van der Waals surface area contributed by atoms with E-state index in [1.54, 1.807) is 0 Å². The number of alkyl halides is 12. The van der Waals surface area contributed by atoms with Crippen molar-refractivity contribution in [3.63, 3.8) is 0 Å². The second-order valence-corrected chi connectivity index (χ2v) is 34.1. The SMILES string of the molecule is C[S+](C)C.FC(F)F.O.O.O=C1CCC(=O)N1OS(=O)(=O)C(F)(F)F.O=S(=O)(O)C(C1CCCCC1)S(=O)(=O)C1CCCCC1.O=S(=O)(O)C(F)(F)F.O=S(=O)(O)C(F)(F)F.O=S([O-])[O-].[N-]=[N+]=C(S(=O)(=O)C1CCCCC1)S(=O)(=O)C1CCCCC1. The fraction of sp³-hybridized carbons (Fsp3) is 0.919. The third-order valence-electron chi connectivity index (χ3n) is 11.3. The van der Waals surface area contributed by atoms with Crippen LogP contribution in [0.2, 0.25) is 0 Å². The quantitative estimate of drug-likeness (QED) is 0.0291. The smallest absolute Gasteiger partial charge is 0.525 e. The van der Waals surface area contributed by atoms with Crippen LogP contribution in [0.5, 0.6) is 0 Å². The Morgan fingerprint density at radius 1 is 0.558 bits per heavy atom. The molecule has 4 saturated carbocycles. The minimum Gasteiger partial charge on any atom is -0.784 e. The molecule has 4 aliphatic carbocycles. The van der Waals surface area contributed by atoms with Crippen LogP contribution in [0.4, 0.5) is 52.7 Å². The Kier molecular flexibility index (Phi) is 42.6. The van der Waals surface area contributed by atoms with E-state index in [2.05, 4.69) is 27.8 Å². The molecule has 5 fully saturated rings. The average molecular weight is 1470 g/mol. The van der Waals surface area contributed by atoms with Gasteiger partial charge in [0.25, 0.3) is 41.6 Å². The lowest BCUT2D eigenvalue weighted by Crippen LogP contribution is -2.43. The van der Waals surface area contributed by atoms with Crippen molar-refractivity contribution in [3.05, 3.63) is 5.53 Å². The number of imide groups is 1. The number of halogens is 12. The van der Waals surface area contributed by atoms with Crippen molar-refractivity contribution in [3.8, 4) is 0 Å². The van der Waals surface area contributed by atoms with E-state index < -0.39 is 147 Å². The van der Waals surface area contributed by atoms with Crippen molar-refractivity contribution >= 4 is 108 Å². The fourth-order valence-corrected chi connectivity index (χ4v) is 17.8. The van der Waals surface area contributed by atoms with Crippen molar-refractivity contribution in [2.45, 2.75) is 185 Å². The van der Waals surface area contributed by atoms with Crippen molar-refractivity contribution < 1.29 is 168 Å². The van der Waals surface area contributed by atoms with Gasteiger partial charge in [0.05, 0.1) is 34.5 Å². The van der Waals surface area contributed by atoms with Crippen LogP contribution in [0.15, 0.2) is 0 Å². The van der Waals surface area contributed by atoms with Crippen LogP contribution in [-0.2, 0) is 106 Å². The van der Waals surface area contributed by atoms with Crippen LogP contribution in [0.25, 0.3) is 5.53 Å². The van der Waals surface area contributed by atoms with Crippen LogP contribution in [0, 0.1) is 5.92 Å². The molecule has 1 atom stereocenters. The summed E-state index contributed by atoms with van der Waals surface area (Å²) in [4.78, 5) is 24.2. The van der Waals surface area contributed by atoms with Crippen LogP contribution in [0.3, 0.4) is 0 Å². The summed E-state index contributed by atoms with van der Waals surface area (Å²) >= 11 is -3.11. The number of sulfone groups is 3. The van der Waals surface area contributed by atoms with Gasteiger partial charge >= 0.3 is 57.9 Å². The van der Waals surface area contributed by atoms with Crippen molar-refractivity contribution in [2.75, 3.05) is 18.8 Å². The molecule has 0 bridgehead atoms. The number of amides is 2. The number of carbonyl (C=O) groups is 2. The van der Waals surface area contributed by atoms with Crippen LogP contribution in [0.1, 0.15) is 141 Å². The molecule has 5 aliphatic rings. The van der Waals surface area contributed by atoms with Gasteiger partial charge in [-0.05, 0) is 68.2 Å². The first-order valence-electron chi connectivity index (χ1n) is 23.6. The van der Waals surface area contributed by atoms with E-state index in [-0.39, 0.29) is 28.9 Å². The van der Waals surface area contributed by atoms with E-state index in [4.69, 9.17) is 44.8 Å². The number of rotatable bonds is 8. The lowest BCUT2D eigenvalue weighted by molar-refractivity contribution is -0.167. The summed E-state index contributed by atoms with van der Waals surface area (Å²) < 4.78 is 335. The molecule has 0 aromatic rings. The maximum Gasteiger partial charge on any atom is 0.525 e. The molecule has 518 valence electrons. The molecule has 0 aromatic heterocycles. The number of nitrogens with zero attached hydrogens (tertiary/aromatic N) is 3. The Morgan fingerprint density at radius 2 is 0.791 bits per heavy atom. The van der Waals surface area contributed by atoms with E-state index in [1.807, 2.05) is 0 Å². The summed E-state index contributed by atoms with van der Waals surface area (Å²) in [7, 11) is -33.5. The first kappa shape index (κ1) is 92.2. The molecule has 2 amide bonds. The van der Waals surface area contributed by atoms with Gasteiger partial charge < -0.3 is 25.6 Å². The summed E-state index contributed by atoms with van der Waals surface area (Å²) in [6.07, 6.45) is 20.2. The molecule has 28 nitrogen and oxygen atoms in total. The summed E-state index contributed by atoms with van der Waals surface area (Å²) in [6, 6.07) is 0. The van der Waals surface area contributed by atoms with Gasteiger partial charge in [0.2, 0.25) is 0 Å². The third kappa shape index (κ3) is 35.2. The zero-order valence-corrected chi connectivity index (χ0v) is 52.4.